The Labute approximate surface area is 118 Å². The zero-order chi connectivity index (χ0) is 13.7. The number of rotatable bonds is 5. The third-order valence-electron chi connectivity index (χ3n) is 4.50. The van der Waals surface area contributed by atoms with Gasteiger partial charge < -0.3 is 5.32 Å². The summed E-state index contributed by atoms with van der Waals surface area (Å²) in [6, 6.07) is 9.74. The lowest BCUT2D eigenvalue weighted by atomic mass is 9.70. The molecule has 1 aliphatic carbocycles. The van der Waals surface area contributed by atoms with Crippen LogP contribution in [0.1, 0.15) is 57.1 Å². The normalized spacial score (nSPS) is 18.7. The van der Waals surface area contributed by atoms with Crippen LogP contribution in [0.25, 0.3) is 0 Å². The Morgan fingerprint density at radius 1 is 1.05 bits per heavy atom. The molecule has 106 valence electrons. The predicted octanol–water partition coefficient (Wildman–Crippen LogP) is 4.49. The molecule has 19 heavy (non-hydrogen) atoms. The molecule has 1 aromatic rings. The first-order valence-corrected chi connectivity index (χ1v) is 7.89. The van der Waals surface area contributed by atoms with Crippen LogP contribution in [-0.2, 0) is 6.42 Å². The topological polar surface area (TPSA) is 12.0 Å². The van der Waals surface area contributed by atoms with Gasteiger partial charge in [-0.2, -0.15) is 0 Å². The average molecular weight is 259 g/mol. The summed E-state index contributed by atoms with van der Waals surface area (Å²) in [5.41, 5.74) is 3.37. The molecule has 0 unspecified atom stereocenters. The molecule has 0 heterocycles. The molecule has 0 saturated heterocycles. The van der Waals surface area contributed by atoms with E-state index >= 15 is 0 Å². The number of aryl methyl sites for hydroxylation is 1. The Kier molecular flexibility index (Phi) is 5.04. The van der Waals surface area contributed by atoms with E-state index in [2.05, 4.69) is 50.4 Å². The van der Waals surface area contributed by atoms with E-state index in [-0.39, 0.29) is 0 Å². The summed E-state index contributed by atoms with van der Waals surface area (Å²) in [5, 5.41) is 3.69. The van der Waals surface area contributed by atoms with Crippen molar-refractivity contribution in [2.24, 2.45) is 5.41 Å². The third kappa shape index (κ3) is 4.35. The highest BCUT2D eigenvalue weighted by Crippen LogP contribution is 2.38. The Morgan fingerprint density at radius 3 is 2.26 bits per heavy atom. The highest BCUT2D eigenvalue weighted by atomic mass is 14.9. The van der Waals surface area contributed by atoms with Crippen molar-refractivity contribution < 1.29 is 0 Å². The van der Waals surface area contributed by atoms with Gasteiger partial charge in [0.15, 0.2) is 0 Å². The van der Waals surface area contributed by atoms with E-state index in [1.165, 1.54) is 56.2 Å². The molecule has 1 N–H and O–H groups in total. The van der Waals surface area contributed by atoms with E-state index in [0.717, 1.165) is 0 Å². The van der Waals surface area contributed by atoms with E-state index < -0.39 is 0 Å². The zero-order valence-electron chi connectivity index (χ0n) is 12.8. The average Bonchev–Trinajstić information content (AvgIpc) is 2.41. The molecule has 0 aliphatic heterocycles. The molecule has 0 atom stereocenters. The van der Waals surface area contributed by atoms with Crippen LogP contribution >= 0.6 is 0 Å². The van der Waals surface area contributed by atoms with Gasteiger partial charge in [0.25, 0.3) is 0 Å². The summed E-state index contributed by atoms with van der Waals surface area (Å²) in [5.74, 6) is 0. The summed E-state index contributed by atoms with van der Waals surface area (Å²) < 4.78 is 0. The van der Waals surface area contributed by atoms with Crippen molar-refractivity contribution in [1.29, 1.82) is 0 Å². The molecule has 1 aliphatic rings. The van der Waals surface area contributed by atoms with Crippen LogP contribution in [0.3, 0.4) is 0 Å². The highest BCUT2D eigenvalue weighted by molar-refractivity contribution is 5.22. The first-order valence-electron chi connectivity index (χ1n) is 7.89. The number of benzene rings is 1. The summed E-state index contributed by atoms with van der Waals surface area (Å²) in [7, 11) is 0. The molecular weight excluding hydrogens is 230 g/mol. The Balaban J connectivity index is 2.06. The predicted molar refractivity (Wildman–Crippen MR) is 83.5 cm³/mol. The van der Waals surface area contributed by atoms with Gasteiger partial charge in [-0.3, -0.25) is 0 Å². The van der Waals surface area contributed by atoms with Crippen LogP contribution in [0.4, 0.5) is 0 Å². The van der Waals surface area contributed by atoms with Crippen molar-refractivity contribution in [3.8, 4) is 0 Å². The second kappa shape index (κ2) is 6.56. The van der Waals surface area contributed by atoms with Gasteiger partial charge in [-0.1, -0.05) is 62.9 Å². The van der Waals surface area contributed by atoms with E-state index in [1.54, 1.807) is 0 Å². The van der Waals surface area contributed by atoms with Gasteiger partial charge in [-0.05, 0) is 37.2 Å². The summed E-state index contributed by atoms with van der Waals surface area (Å²) in [4.78, 5) is 0. The number of nitrogens with one attached hydrogen (secondary N) is 1. The molecule has 0 amide bonds. The lowest BCUT2D eigenvalue weighted by Gasteiger charge is -2.38. The van der Waals surface area contributed by atoms with Gasteiger partial charge in [0.1, 0.15) is 0 Å². The summed E-state index contributed by atoms with van der Waals surface area (Å²) >= 11 is 0. The minimum atomic E-state index is 0.498. The number of hydrogen-bond acceptors (Lipinski definition) is 1. The first kappa shape index (κ1) is 14.6. The van der Waals surface area contributed by atoms with Gasteiger partial charge in [0, 0.05) is 12.6 Å². The molecule has 0 bridgehead atoms. The van der Waals surface area contributed by atoms with Crippen LogP contribution in [0.2, 0.25) is 0 Å². The molecule has 0 aromatic heterocycles. The minimum absolute atomic E-state index is 0.498. The van der Waals surface area contributed by atoms with Crippen LogP contribution in [-0.4, -0.2) is 12.6 Å². The molecule has 2 rings (SSSR count). The largest absolute Gasteiger partial charge is 0.314 e. The van der Waals surface area contributed by atoms with Gasteiger partial charge in [0.2, 0.25) is 0 Å². The molecule has 1 nitrogen and oxygen atoms in total. The maximum absolute atomic E-state index is 3.69. The summed E-state index contributed by atoms with van der Waals surface area (Å²) in [6.45, 7) is 7.85. The maximum Gasteiger partial charge on any atom is 0.00134 e. The Morgan fingerprint density at radius 2 is 1.68 bits per heavy atom. The van der Waals surface area contributed by atoms with Crippen LogP contribution < -0.4 is 5.32 Å². The Hall–Kier alpha value is -0.820. The molecular formula is C18H29N. The van der Waals surface area contributed by atoms with Crippen molar-refractivity contribution >= 4 is 0 Å². The van der Waals surface area contributed by atoms with Gasteiger partial charge in [-0.25, -0.2) is 0 Å². The lowest BCUT2D eigenvalue weighted by molar-refractivity contribution is 0.176. The Bertz CT molecular complexity index is 371. The first-order chi connectivity index (χ1) is 9.10. The fourth-order valence-electron chi connectivity index (χ4n) is 3.28. The van der Waals surface area contributed by atoms with Crippen molar-refractivity contribution in [3.05, 3.63) is 35.4 Å². The van der Waals surface area contributed by atoms with E-state index in [0.29, 0.717) is 11.5 Å². The fourth-order valence-corrected chi connectivity index (χ4v) is 3.28. The van der Waals surface area contributed by atoms with Crippen LogP contribution in [0.5, 0.6) is 0 Å². The summed E-state index contributed by atoms with van der Waals surface area (Å²) in [6.07, 6.45) is 8.27. The second-order valence-corrected chi connectivity index (χ2v) is 6.76. The van der Waals surface area contributed by atoms with Gasteiger partial charge in [0.05, 0.1) is 0 Å². The number of hydrogen-bond donors (Lipinski definition) is 1. The minimum Gasteiger partial charge on any atom is -0.314 e. The van der Waals surface area contributed by atoms with Crippen molar-refractivity contribution in [2.45, 2.75) is 65.3 Å². The van der Waals surface area contributed by atoms with Gasteiger partial charge >= 0.3 is 0 Å². The monoisotopic (exact) mass is 259 g/mol. The maximum atomic E-state index is 3.69. The molecule has 0 spiro atoms. The van der Waals surface area contributed by atoms with Gasteiger partial charge in [-0.15, -0.1) is 0 Å². The smallest absolute Gasteiger partial charge is 0.00134 e. The SMILES string of the molecule is Cc1ccc(CC2(CNC(C)C)CCCCC2)cc1. The quantitative estimate of drug-likeness (QED) is 0.821. The van der Waals surface area contributed by atoms with Crippen molar-refractivity contribution in [2.75, 3.05) is 6.54 Å². The molecule has 1 heteroatoms. The molecule has 0 radical (unpaired) electrons. The van der Waals surface area contributed by atoms with E-state index in [9.17, 15) is 0 Å². The standard InChI is InChI=1S/C18H29N/c1-15(2)19-14-18(11-5-4-6-12-18)13-17-9-7-16(3)8-10-17/h7-10,15,19H,4-6,11-14H2,1-3H3. The zero-order valence-corrected chi connectivity index (χ0v) is 12.8. The van der Waals surface area contributed by atoms with Crippen molar-refractivity contribution in [3.63, 3.8) is 0 Å². The second-order valence-electron chi connectivity index (χ2n) is 6.76. The molecule has 1 saturated carbocycles. The third-order valence-corrected chi connectivity index (χ3v) is 4.50. The van der Waals surface area contributed by atoms with Crippen LogP contribution in [0, 0.1) is 12.3 Å². The van der Waals surface area contributed by atoms with Crippen LogP contribution in [0.15, 0.2) is 24.3 Å². The fraction of sp³-hybridized carbons (Fsp3) is 0.667. The van der Waals surface area contributed by atoms with E-state index in [4.69, 9.17) is 0 Å². The molecule has 1 aromatic carbocycles. The lowest BCUT2D eigenvalue weighted by Crippen LogP contribution is -2.40. The van der Waals surface area contributed by atoms with E-state index in [1.807, 2.05) is 0 Å². The highest BCUT2D eigenvalue weighted by Gasteiger charge is 2.31. The van der Waals surface area contributed by atoms with Crippen molar-refractivity contribution in [1.82, 2.24) is 5.32 Å². The molecule has 1 fully saturated rings.